The van der Waals surface area contributed by atoms with E-state index in [1.54, 1.807) is 30.3 Å². The van der Waals surface area contributed by atoms with Crippen molar-refractivity contribution in [1.29, 1.82) is 0 Å². The number of carbonyl (C=O) groups is 1. The molecule has 7 nitrogen and oxygen atoms in total. The molecule has 0 spiro atoms. The molecule has 158 valence electrons. The van der Waals surface area contributed by atoms with Gasteiger partial charge in [-0.25, -0.2) is 8.42 Å². The summed E-state index contributed by atoms with van der Waals surface area (Å²) >= 11 is 6.05. The van der Waals surface area contributed by atoms with Crippen LogP contribution in [0.15, 0.2) is 36.4 Å². The number of rotatable bonds is 9. The zero-order valence-electron chi connectivity index (χ0n) is 16.9. The number of benzene rings is 2. The van der Waals surface area contributed by atoms with Crippen molar-refractivity contribution in [2.45, 2.75) is 13.8 Å². The molecule has 0 aromatic heterocycles. The third-order valence-corrected chi connectivity index (χ3v) is 5.66. The van der Waals surface area contributed by atoms with E-state index in [0.29, 0.717) is 22.2 Å². The Hall–Kier alpha value is -2.45. The van der Waals surface area contributed by atoms with Crippen molar-refractivity contribution in [3.05, 3.63) is 52.5 Å². The number of methoxy groups -OCH3 is 1. The van der Waals surface area contributed by atoms with Gasteiger partial charge in [0.05, 0.1) is 25.6 Å². The van der Waals surface area contributed by atoms with Gasteiger partial charge in [-0.3, -0.25) is 9.10 Å². The molecule has 0 fully saturated rings. The third kappa shape index (κ3) is 6.54. The second-order valence-corrected chi connectivity index (χ2v) is 8.87. The number of hydrogen-bond donors (Lipinski definition) is 1. The number of nitrogens with zero attached hydrogens (tertiary/aromatic N) is 1. The summed E-state index contributed by atoms with van der Waals surface area (Å²) in [5.41, 5.74) is 2.11. The second kappa shape index (κ2) is 9.84. The van der Waals surface area contributed by atoms with Crippen LogP contribution in [0.5, 0.6) is 11.5 Å². The van der Waals surface area contributed by atoms with E-state index in [2.05, 4.69) is 5.32 Å². The third-order valence-electron chi connectivity index (χ3n) is 4.13. The van der Waals surface area contributed by atoms with Crippen LogP contribution in [0.2, 0.25) is 5.02 Å². The van der Waals surface area contributed by atoms with E-state index in [-0.39, 0.29) is 19.7 Å². The number of amides is 1. The summed E-state index contributed by atoms with van der Waals surface area (Å²) in [7, 11) is -2.25. The molecule has 0 aliphatic rings. The lowest BCUT2D eigenvalue weighted by molar-refractivity contribution is -0.119. The van der Waals surface area contributed by atoms with Crippen molar-refractivity contribution in [3.8, 4) is 11.5 Å². The van der Waals surface area contributed by atoms with Crippen molar-refractivity contribution in [2.75, 3.05) is 37.4 Å². The zero-order valence-corrected chi connectivity index (χ0v) is 18.4. The van der Waals surface area contributed by atoms with Gasteiger partial charge in [-0.05, 0) is 49.2 Å². The van der Waals surface area contributed by atoms with Crippen LogP contribution in [0, 0.1) is 13.8 Å². The molecular formula is C20H25ClN2O5S. The highest BCUT2D eigenvalue weighted by Gasteiger charge is 2.24. The minimum atomic E-state index is -3.70. The first-order valence-electron chi connectivity index (χ1n) is 8.90. The molecule has 0 aliphatic carbocycles. The molecular weight excluding hydrogens is 416 g/mol. The summed E-state index contributed by atoms with van der Waals surface area (Å²) in [5.74, 6) is 0.509. The number of sulfonamides is 1. The van der Waals surface area contributed by atoms with Crippen LogP contribution in [0.3, 0.4) is 0 Å². The molecule has 0 heterocycles. The first kappa shape index (κ1) is 22.8. The van der Waals surface area contributed by atoms with Gasteiger partial charge in [0.15, 0.2) is 0 Å². The Labute approximate surface area is 176 Å². The standard InChI is InChI=1S/C20H25ClN2O5S/c1-14-5-8-19(27-3)18(11-14)23(29(4,25)26)13-20(24)22-9-10-28-16-7-6-15(2)17(21)12-16/h5-8,11-12H,9-10,13H2,1-4H3,(H,22,24). The van der Waals surface area contributed by atoms with Gasteiger partial charge in [-0.1, -0.05) is 23.7 Å². The van der Waals surface area contributed by atoms with E-state index in [1.807, 2.05) is 19.9 Å². The average molecular weight is 441 g/mol. The van der Waals surface area contributed by atoms with Gasteiger partial charge >= 0.3 is 0 Å². The molecule has 1 amide bonds. The Kier molecular flexibility index (Phi) is 7.75. The molecule has 2 aromatic rings. The molecule has 0 saturated heterocycles. The SMILES string of the molecule is COc1ccc(C)cc1N(CC(=O)NCCOc1ccc(C)c(Cl)c1)S(C)(=O)=O. The summed E-state index contributed by atoms with van der Waals surface area (Å²) in [6, 6.07) is 10.5. The first-order chi connectivity index (χ1) is 13.6. The van der Waals surface area contributed by atoms with Crippen molar-refractivity contribution in [3.63, 3.8) is 0 Å². The minimum absolute atomic E-state index is 0.215. The van der Waals surface area contributed by atoms with Gasteiger partial charge in [0.2, 0.25) is 15.9 Å². The van der Waals surface area contributed by atoms with Crippen molar-refractivity contribution in [2.24, 2.45) is 0 Å². The topological polar surface area (TPSA) is 84.9 Å². The lowest BCUT2D eigenvalue weighted by Gasteiger charge is -2.24. The Morgan fingerprint density at radius 1 is 1.17 bits per heavy atom. The summed E-state index contributed by atoms with van der Waals surface area (Å²) in [4.78, 5) is 12.3. The maximum absolute atomic E-state index is 12.3. The van der Waals surface area contributed by atoms with E-state index < -0.39 is 15.9 Å². The Bertz CT molecular complexity index is 979. The lowest BCUT2D eigenvalue weighted by Crippen LogP contribution is -2.41. The predicted octanol–water partition coefficient (Wildman–Crippen LogP) is 2.93. The van der Waals surface area contributed by atoms with Crippen molar-refractivity contribution in [1.82, 2.24) is 5.32 Å². The van der Waals surface area contributed by atoms with Gasteiger partial charge in [-0.2, -0.15) is 0 Å². The molecule has 0 unspecified atom stereocenters. The van der Waals surface area contributed by atoms with Crippen LogP contribution in [-0.2, 0) is 14.8 Å². The van der Waals surface area contributed by atoms with Gasteiger partial charge in [0.1, 0.15) is 24.7 Å². The number of hydrogen-bond acceptors (Lipinski definition) is 5. The fraction of sp³-hybridized carbons (Fsp3) is 0.350. The molecule has 0 radical (unpaired) electrons. The first-order valence-corrected chi connectivity index (χ1v) is 11.1. The number of anilines is 1. The number of halogens is 1. The van der Waals surface area contributed by atoms with E-state index in [1.165, 1.54) is 7.11 Å². The molecule has 0 atom stereocenters. The smallest absolute Gasteiger partial charge is 0.240 e. The zero-order chi connectivity index (χ0) is 21.6. The Morgan fingerprint density at radius 3 is 2.52 bits per heavy atom. The molecule has 9 heteroatoms. The van der Waals surface area contributed by atoms with Crippen LogP contribution in [-0.4, -0.2) is 47.4 Å². The highest BCUT2D eigenvalue weighted by Crippen LogP contribution is 2.30. The fourth-order valence-electron chi connectivity index (χ4n) is 2.59. The number of ether oxygens (including phenoxy) is 2. The predicted molar refractivity (Wildman–Crippen MR) is 115 cm³/mol. The number of aryl methyl sites for hydroxylation is 2. The second-order valence-electron chi connectivity index (χ2n) is 6.55. The summed E-state index contributed by atoms with van der Waals surface area (Å²) in [6.45, 7) is 3.79. The monoisotopic (exact) mass is 440 g/mol. The van der Waals surface area contributed by atoms with E-state index in [4.69, 9.17) is 21.1 Å². The van der Waals surface area contributed by atoms with E-state index >= 15 is 0 Å². The summed E-state index contributed by atoms with van der Waals surface area (Å²) in [6.07, 6.45) is 1.05. The average Bonchev–Trinajstić information content (AvgIpc) is 2.65. The van der Waals surface area contributed by atoms with E-state index in [9.17, 15) is 13.2 Å². The Morgan fingerprint density at radius 2 is 1.90 bits per heavy atom. The largest absolute Gasteiger partial charge is 0.495 e. The summed E-state index contributed by atoms with van der Waals surface area (Å²) in [5, 5.41) is 3.26. The van der Waals surface area contributed by atoms with Crippen molar-refractivity contribution < 1.29 is 22.7 Å². The molecule has 29 heavy (non-hydrogen) atoms. The fourth-order valence-corrected chi connectivity index (χ4v) is 3.61. The number of nitrogens with one attached hydrogen (secondary N) is 1. The lowest BCUT2D eigenvalue weighted by atomic mass is 10.2. The van der Waals surface area contributed by atoms with Crippen LogP contribution in [0.1, 0.15) is 11.1 Å². The normalized spacial score (nSPS) is 11.1. The molecule has 2 rings (SSSR count). The van der Waals surface area contributed by atoms with Gasteiger partial charge in [0.25, 0.3) is 0 Å². The number of carbonyl (C=O) groups excluding carboxylic acids is 1. The highest BCUT2D eigenvalue weighted by atomic mass is 35.5. The quantitative estimate of drug-likeness (QED) is 0.606. The highest BCUT2D eigenvalue weighted by molar-refractivity contribution is 7.92. The van der Waals surface area contributed by atoms with Crippen LogP contribution in [0.4, 0.5) is 5.69 Å². The molecule has 0 aliphatic heterocycles. The minimum Gasteiger partial charge on any atom is -0.495 e. The van der Waals surface area contributed by atoms with Gasteiger partial charge in [-0.15, -0.1) is 0 Å². The molecule has 0 saturated carbocycles. The molecule has 0 bridgehead atoms. The maximum atomic E-state index is 12.3. The van der Waals surface area contributed by atoms with Gasteiger partial charge < -0.3 is 14.8 Å². The Balaban J connectivity index is 1.99. The maximum Gasteiger partial charge on any atom is 0.240 e. The van der Waals surface area contributed by atoms with E-state index in [0.717, 1.165) is 21.7 Å². The van der Waals surface area contributed by atoms with Crippen LogP contribution < -0.4 is 19.1 Å². The molecule has 2 aromatic carbocycles. The van der Waals surface area contributed by atoms with Crippen LogP contribution >= 0.6 is 11.6 Å². The summed E-state index contributed by atoms with van der Waals surface area (Å²) < 4.78 is 36.4. The van der Waals surface area contributed by atoms with Crippen molar-refractivity contribution >= 4 is 33.2 Å². The molecule has 1 N–H and O–H groups in total. The van der Waals surface area contributed by atoms with Gasteiger partial charge in [0, 0.05) is 5.02 Å². The van der Waals surface area contributed by atoms with Crippen LogP contribution in [0.25, 0.3) is 0 Å².